The molecule has 1 rings (SSSR count). The Morgan fingerprint density at radius 3 is 2.93 bits per heavy atom. The Balaban J connectivity index is 2.40. The Kier molecular flexibility index (Phi) is 4.57. The molecule has 0 aromatic heterocycles. The molecule has 4 heteroatoms. The summed E-state index contributed by atoms with van der Waals surface area (Å²) in [5.74, 6) is -0.278. The average Bonchev–Trinajstić information content (AvgIpc) is 2.72. The van der Waals surface area contributed by atoms with Crippen molar-refractivity contribution < 1.29 is 9.53 Å². The van der Waals surface area contributed by atoms with E-state index in [1.54, 1.807) is 0 Å². The highest BCUT2D eigenvalue weighted by atomic mass is 16.5. The van der Waals surface area contributed by atoms with E-state index >= 15 is 0 Å². The first kappa shape index (κ1) is 12.0. The molecule has 15 heavy (non-hydrogen) atoms. The second kappa shape index (κ2) is 5.72. The normalized spacial score (nSPS) is 24.2. The molecule has 0 aliphatic carbocycles. The van der Waals surface area contributed by atoms with Crippen molar-refractivity contribution in [1.82, 2.24) is 5.32 Å². The SMILES string of the molecule is CCC(C#N)C(=O)NC(C)C1CCOC1. The Hall–Kier alpha value is -1.08. The highest BCUT2D eigenvalue weighted by molar-refractivity contribution is 5.81. The van der Waals surface area contributed by atoms with E-state index in [1.807, 2.05) is 19.9 Å². The summed E-state index contributed by atoms with van der Waals surface area (Å²) in [6.45, 7) is 5.31. The predicted octanol–water partition coefficient (Wildman–Crippen LogP) is 1.08. The van der Waals surface area contributed by atoms with Crippen LogP contribution in [0.5, 0.6) is 0 Å². The van der Waals surface area contributed by atoms with Gasteiger partial charge >= 0.3 is 0 Å². The lowest BCUT2D eigenvalue weighted by atomic mass is 9.99. The molecule has 0 radical (unpaired) electrons. The molecule has 1 N–H and O–H groups in total. The first-order valence-corrected chi connectivity index (χ1v) is 5.46. The second-order valence-electron chi connectivity index (χ2n) is 4.01. The van der Waals surface area contributed by atoms with Crippen LogP contribution in [0, 0.1) is 23.2 Å². The summed E-state index contributed by atoms with van der Waals surface area (Å²) < 4.78 is 5.26. The zero-order valence-corrected chi connectivity index (χ0v) is 9.32. The van der Waals surface area contributed by atoms with E-state index in [-0.39, 0.29) is 11.9 Å². The Morgan fingerprint density at radius 1 is 1.73 bits per heavy atom. The van der Waals surface area contributed by atoms with Gasteiger partial charge in [0.1, 0.15) is 5.92 Å². The van der Waals surface area contributed by atoms with Crippen LogP contribution in [0.4, 0.5) is 0 Å². The zero-order valence-electron chi connectivity index (χ0n) is 9.32. The Morgan fingerprint density at radius 2 is 2.47 bits per heavy atom. The number of hydrogen-bond donors (Lipinski definition) is 1. The molecule has 1 amide bonds. The first-order chi connectivity index (χ1) is 7.19. The third-order valence-electron chi connectivity index (χ3n) is 2.92. The maximum Gasteiger partial charge on any atom is 0.237 e. The number of rotatable bonds is 4. The van der Waals surface area contributed by atoms with Gasteiger partial charge < -0.3 is 10.1 Å². The van der Waals surface area contributed by atoms with Crippen LogP contribution in [0.3, 0.4) is 0 Å². The number of nitriles is 1. The number of ether oxygens (including phenoxy) is 1. The molecule has 3 atom stereocenters. The van der Waals surface area contributed by atoms with Crippen molar-refractivity contribution in [1.29, 1.82) is 5.26 Å². The van der Waals surface area contributed by atoms with Crippen LogP contribution >= 0.6 is 0 Å². The van der Waals surface area contributed by atoms with E-state index in [1.165, 1.54) is 0 Å². The van der Waals surface area contributed by atoms with E-state index in [2.05, 4.69) is 5.32 Å². The fourth-order valence-electron chi connectivity index (χ4n) is 1.73. The van der Waals surface area contributed by atoms with E-state index in [4.69, 9.17) is 10.00 Å². The van der Waals surface area contributed by atoms with Gasteiger partial charge in [0.05, 0.1) is 12.7 Å². The molecular weight excluding hydrogens is 192 g/mol. The van der Waals surface area contributed by atoms with Crippen molar-refractivity contribution >= 4 is 5.91 Å². The van der Waals surface area contributed by atoms with Gasteiger partial charge in [-0.25, -0.2) is 0 Å². The Labute approximate surface area is 90.6 Å². The van der Waals surface area contributed by atoms with Gasteiger partial charge in [-0.15, -0.1) is 0 Å². The summed E-state index contributed by atoms with van der Waals surface area (Å²) in [5, 5.41) is 11.6. The van der Waals surface area contributed by atoms with E-state index in [0.717, 1.165) is 13.0 Å². The molecular formula is C11H18N2O2. The summed E-state index contributed by atoms with van der Waals surface area (Å²) in [6, 6.07) is 2.10. The quantitative estimate of drug-likeness (QED) is 0.755. The highest BCUT2D eigenvalue weighted by Crippen LogP contribution is 2.16. The van der Waals surface area contributed by atoms with Crippen molar-refractivity contribution in [2.45, 2.75) is 32.7 Å². The largest absolute Gasteiger partial charge is 0.381 e. The predicted molar refractivity (Wildman–Crippen MR) is 55.9 cm³/mol. The third-order valence-corrected chi connectivity index (χ3v) is 2.92. The van der Waals surface area contributed by atoms with Gasteiger partial charge in [-0.1, -0.05) is 6.92 Å². The number of carbonyl (C=O) groups is 1. The standard InChI is InChI=1S/C11H18N2O2/c1-3-9(6-12)11(14)13-8(2)10-4-5-15-7-10/h8-10H,3-5,7H2,1-2H3,(H,13,14). The van der Waals surface area contributed by atoms with Crippen molar-refractivity contribution in [3.63, 3.8) is 0 Å². The first-order valence-electron chi connectivity index (χ1n) is 5.46. The minimum atomic E-state index is -0.519. The van der Waals surface area contributed by atoms with Crippen molar-refractivity contribution in [3.05, 3.63) is 0 Å². The zero-order chi connectivity index (χ0) is 11.3. The molecule has 0 spiro atoms. The van der Waals surface area contributed by atoms with Crippen LogP contribution in [0.15, 0.2) is 0 Å². The topological polar surface area (TPSA) is 62.1 Å². The van der Waals surface area contributed by atoms with Crippen LogP contribution in [0.2, 0.25) is 0 Å². The molecule has 1 heterocycles. The third kappa shape index (κ3) is 3.21. The molecule has 1 fully saturated rings. The van der Waals surface area contributed by atoms with Gasteiger partial charge in [0.25, 0.3) is 0 Å². The molecule has 1 saturated heterocycles. The summed E-state index contributed by atoms with van der Waals surface area (Å²) in [6.07, 6.45) is 1.56. The van der Waals surface area contributed by atoms with Crippen LogP contribution in [-0.4, -0.2) is 25.2 Å². The number of hydrogen-bond acceptors (Lipinski definition) is 3. The number of nitrogens with zero attached hydrogens (tertiary/aromatic N) is 1. The lowest BCUT2D eigenvalue weighted by molar-refractivity contribution is -0.124. The van der Waals surface area contributed by atoms with E-state index in [9.17, 15) is 4.79 Å². The molecule has 3 unspecified atom stereocenters. The molecule has 1 aliphatic heterocycles. The molecule has 4 nitrogen and oxygen atoms in total. The number of nitrogens with one attached hydrogen (secondary N) is 1. The minimum absolute atomic E-state index is 0.0994. The molecule has 0 aromatic rings. The number of amides is 1. The molecule has 0 bridgehead atoms. The van der Waals surface area contributed by atoms with Gasteiger partial charge in [0.2, 0.25) is 5.91 Å². The summed E-state index contributed by atoms with van der Waals surface area (Å²) in [5.41, 5.74) is 0. The van der Waals surface area contributed by atoms with Gasteiger partial charge in [0.15, 0.2) is 0 Å². The lowest BCUT2D eigenvalue weighted by Gasteiger charge is -2.20. The second-order valence-corrected chi connectivity index (χ2v) is 4.01. The summed E-state index contributed by atoms with van der Waals surface area (Å²) >= 11 is 0. The van der Waals surface area contributed by atoms with Crippen molar-refractivity contribution in [2.75, 3.05) is 13.2 Å². The highest BCUT2D eigenvalue weighted by Gasteiger charge is 2.25. The minimum Gasteiger partial charge on any atom is -0.381 e. The van der Waals surface area contributed by atoms with Crippen molar-refractivity contribution in [2.24, 2.45) is 11.8 Å². The van der Waals surface area contributed by atoms with Crippen molar-refractivity contribution in [3.8, 4) is 6.07 Å². The van der Waals surface area contributed by atoms with Crippen LogP contribution in [0.25, 0.3) is 0 Å². The fraction of sp³-hybridized carbons (Fsp3) is 0.818. The lowest BCUT2D eigenvalue weighted by Crippen LogP contribution is -2.41. The molecule has 84 valence electrons. The van der Waals surface area contributed by atoms with Crippen LogP contribution < -0.4 is 5.32 Å². The van der Waals surface area contributed by atoms with Crippen LogP contribution in [0.1, 0.15) is 26.7 Å². The maximum absolute atomic E-state index is 11.6. The Bertz CT molecular complexity index is 254. The number of carbonyl (C=O) groups excluding carboxylic acids is 1. The molecule has 1 aliphatic rings. The fourth-order valence-corrected chi connectivity index (χ4v) is 1.73. The van der Waals surface area contributed by atoms with Gasteiger partial charge in [-0.3, -0.25) is 4.79 Å². The van der Waals surface area contributed by atoms with Gasteiger partial charge in [-0.2, -0.15) is 5.26 Å². The summed E-state index contributed by atoms with van der Waals surface area (Å²) in [4.78, 5) is 11.6. The maximum atomic E-state index is 11.6. The van der Waals surface area contributed by atoms with Gasteiger partial charge in [0, 0.05) is 18.6 Å². The van der Waals surface area contributed by atoms with E-state index in [0.29, 0.717) is 18.9 Å². The summed E-state index contributed by atoms with van der Waals surface area (Å²) in [7, 11) is 0. The monoisotopic (exact) mass is 210 g/mol. The van der Waals surface area contributed by atoms with Gasteiger partial charge in [-0.05, 0) is 19.8 Å². The molecule has 0 saturated carbocycles. The average molecular weight is 210 g/mol. The van der Waals surface area contributed by atoms with E-state index < -0.39 is 5.92 Å². The smallest absolute Gasteiger partial charge is 0.237 e. The molecule has 0 aromatic carbocycles. The van der Waals surface area contributed by atoms with Crippen LogP contribution in [-0.2, 0) is 9.53 Å².